The normalized spacial score (nSPS) is 27.6. The van der Waals surface area contributed by atoms with Crippen molar-refractivity contribution < 1.29 is 28.2 Å². The Morgan fingerprint density at radius 2 is 2.30 bits per heavy atom. The Kier molecular flexibility index (Phi) is 4.66. The molecule has 1 aromatic heterocycles. The van der Waals surface area contributed by atoms with E-state index in [1.165, 1.54) is 19.2 Å². The topological polar surface area (TPSA) is 117 Å². The van der Waals surface area contributed by atoms with E-state index in [4.69, 9.17) is 15.2 Å². The second-order valence-corrected chi connectivity index (χ2v) is 5.31. The number of aliphatic hydroxyl groups is 1. The summed E-state index contributed by atoms with van der Waals surface area (Å²) >= 11 is 0. The van der Waals surface area contributed by atoms with Crippen LogP contribution in [0, 0.1) is 0 Å². The third-order valence-corrected chi connectivity index (χ3v) is 3.53. The smallest absolute Gasteiger partial charge is 0.349 e. The highest BCUT2D eigenvalue weighted by Crippen LogP contribution is 2.38. The van der Waals surface area contributed by atoms with Gasteiger partial charge in [0.15, 0.2) is 0 Å². The lowest BCUT2D eigenvalue weighted by atomic mass is 10.0. The highest BCUT2D eigenvalue weighted by molar-refractivity contribution is 5.66. The van der Waals surface area contributed by atoms with Crippen molar-refractivity contribution in [2.24, 2.45) is 0 Å². The number of nitrogens with two attached hydrogens (primary N) is 1. The summed E-state index contributed by atoms with van der Waals surface area (Å²) in [6.45, 7) is 1.93. The molecule has 4 atom stereocenters. The van der Waals surface area contributed by atoms with Crippen LogP contribution in [0.1, 0.15) is 13.8 Å². The molecule has 0 unspecified atom stereocenters. The number of anilines is 1. The van der Waals surface area contributed by atoms with Crippen molar-refractivity contribution in [3.05, 3.63) is 22.7 Å². The maximum atomic E-state index is 14.2. The second-order valence-electron chi connectivity index (χ2n) is 5.31. The maximum Gasteiger partial charge on any atom is 0.349 e. The van der Waals surface area contributed by atoms with Crippen molar-refractivity contribution in [2.75, 3.05) is 5.73 Å². The van der Waals surface area contributed by atoms with Crippen LogP contribution >= 0.6 is 0 Å². The molecule has 1 aliphatic rings. The van der Waals surface area contributed by atoms with E-state index in [9.17, 15) is 23.5 Å². The molecule has 0 spiro atoms. The average molecular weight is 333 g/mol. The van der Waals surface area contributed by atoms with Gasteiger partial charge < -0.3 is 20.3 Å². The predicted octanol–water partition coefficient (Wildman–Crippen LogP) is -0.459. The number of ether oxygens (including phenoxy) is 2. The number of aliphatic hydroxyl groups excluding tert-OH is 1. The Hall–Kier alpha value is -2.07. The second kappa shape index (κ2) is 6.20. The lowest BCUT2D eigenvalue weighted by Crippen LogP contribution is -2.44. The third-order valence-electron chi connectivity index (χ3n) is 3.53. The van der Waals surface area contributed by atoms with Crippen molar-refractivity contribution in [3.63, 3.8) is 0 Å². The first-order valence-corrected chi connectivity index (χ1v) is 6.84. The highest BCUT2D eigenvalue weighted by Gasteiger charge is 2.60. The van der Waals surface area contributed by atoms with Gasteiger partial charge in [0.2, 0.25) is 0 Å². The molecule has 0 bridgehead atoms. The van der Waals surface area contributed by atoms with E-state index < -0.39 is 48.5 Å². The summed E-state index contributed by atoms with van der Waals surface area (Å²) < 4.78 is 39.2. The standard InChI is InChI=1S/C13H17F2N3O5/c1-6(22-7(2)19)10-11(20)13(14,15)8(23-10)5-18-4-3-9(16)17-12(18)21/h3-4,6,8,10-11,20H,5H2,1-2H3,(H2,16,17,21)/t6-,8-,10+,11+/m0/s1. The minimum Gasteiger partial charge on any atom is -0.460 e. The Morgan fingerprint density at radius 1 is 1.65 bits per heavy atom. The minimum atomic E-state index is -3.63. The van der Waals surface area contributed by atoms with E-state index in [0.29, 0.717) is 0 Å². The number of hydrogen-bond donors (Lipinski definition) is 2. The quantitative estimate of drug-likeness (QED) is 0.716. The number of rotatable bonds is 4. The van der Waals surface area contributed by atoms with Crippen LogP contribution in [0.15, 0.2) is 17.1 Å². The van der Waals surface area contributed by atoms with Gasteiger partial charge in [0, 0.05) is 13.1 Å². The van der Waals surface area contributed by atoms with E-state index in [0.717, 1.165) is 11.5 Å². The number of nitrogen functional groups attached to an aromatic ring is 1. The molecule has 128 valence electrons. The van der Waals surface area contributed by atoms with Gasteiger partial charge in [-0.2, -0.15) is 4.98 Å². The molecule has 10 heteroatoms. The Balaban J connectivity index is 2.19. The zero-order valence-electron chi connectivity index (χ0n) is 12.5. The molecule has 2 rings (SSSR count). The molecule has 0 saturated carbocycles. The number of halogens is 2. The molecular formula is C13H17F2N3O5. The van der Waals surface area contributed by atoms with Crippen molar-refractivity contribution >= 4 is 11.8 Å². The van der Waals surface area contributed by atoms with Crippen LogP contribution in [0.25, 0.3) is 0 Å². The zero-order valence-corrected chi connectivity index (χ0v) is 12.5. The summed E-state index contributed by atoms with van der Waals surface area (Å²) in [4.78, 5) is 26.0. The maximum absolute atomic E-state index is 14.2. The van der Waals surface area contributed by atoms with Gasteiger partial charge >= 0.3 is 17.6 Å². The lowest BCUT2D eigenvalue weighted by molar-refractivity contribution is -0.156. The zero-order chi connectivity index (χ0) is 17.4. The number of aromatic nitrogens is 2. The lowest BCUT2D eigenvalue weighted by Gasteiger charge is -2.22. The number of esters is 1. The molecule has 23 heavy (non-hydrogen) atoms. The molecule has 0 aliphatic carbocycles. The average Bonchev–Trinajstić information content (AvgIpc) is 2.64. The van der Waals surface area contributed by atoms with Crippen molar-refractivity contribution in [2.45, 2.75) is 50.7 Å². The molecule has 0 amide bonds. The largest absolute Gasteiger partial charge is 0.460 e. The van der Waals surface area contributed by atoms with E-state index in [1.54, 1.807) is 0 Å². The molecule has 1 saturated heterocycles. The van der Waals surface area contributed by atoms with Gasteiger partial charge in [-0.05, 0) is 13.0 Å². The molecule has 0 aromatic carbocycles. The van der Waals surface area contributed by atoms with Gasteiger partial charge in [0.1, 0.15) is 30.2 Å². The number of nitrogens with zero attached hydrogens (tertiary/aromatic N) is 2. The summed E-state index contributed by atoms with van der Waals surface area (Å²) in [6, 6.07) is 1.28. The molecule has 1 fully saturated rings. The molecule has 3 N–H and O–H groups in total. The molecular weight excluding hydrogens is 316 g/mol. The summed E-state index contributed by atoms with van der Waals surface area (Å²) in [6.07, 6.45) is -5.21. The van der Waals surface area contributed by atoms with Gasteiger partial charge in [-0.15, -0.1) is 0 Å². The summed E-state index contributed by atoms with van der Waals surface area (Å²) in [5.41, 5.74) is 4.52. The Labute approximate surface area is 129 Å². The Morgan fingerprint density at radius 3 is 2.87 bits per heavy atom. The predicted molar refractivity (Wildman–Crippen MR) is 73.8 cm³/mol. The van der Waals surface area contributed by atoms with Gasteiger partial charge in [0.05, 0.1) is 6.54 Å². The summed E-state index contributed by atoms with van der Waals surface area (Å²) in [7, 11) is 0. The number of hydrogen-bond acceptors (Lipinski definition) is 7. The highest BCUT2D eigenvalue weighted by atomic mass is 19.3. The van der Waals surface area contributed by atoms with E-state index >= 15 is 0 Å². The molecule has 0 radical (unpaired) electrons. The van der Waals surface area contributed by atoms with Crippen LogP contribution in [0.3, 0.4) is 0 Å². The first-order valence-electron chi connectivity index (χ1n) is 6.84. The van der Waals surface area contributed by atoms with Crippen LogP contribution in [0.4, 0.5) is 14.6 Å². The third kappa shape index (κ3) is 3.48. The van der Waals surface area contributed by atoms with E-state index in [1.807, 2.05) is 0 Å². The van der Waals surface area contributed by atoms with E-state index in [-0.39, 0.29) is 5.82 Å². The molecule has 8 nitrogen and oxygen atoms in total. The van der Waals surface area contributed by atoms with Crippen molar-refractivity contribution in [1.29, 1.82) is 0 Å². The fraction of sp³-hybridized carbons (Fsp3) is 0.615. The summed E-state index contributed by atoms with van der Waals surface area (Å²) in [5.74, 6) is -4.34. The molecule has 1 aliphatic heterocycles. The fourth-order valence-electron chi connectivity index (χ4n) is 2.38. The number of carbonyl (C=O) groups is 1. The van der Waals surface area contributed by atoms with Crippen LogP contribution in [0.2, 0.25) is 0 Å². The minimum absolute atomic E-state index is 0.0354. The molecule has 1 aromatic rings. The number of alkyl halides is 2. The molecule has 2 heterocycles. The van der Waals surface area contributed by atoms with Crippen LogP contribution < -0.4 is 11.4 Å². The monoisotopic (exact) mass is 333 g/mol. The van der Waals surface area contributed by atoms with Gasteiger partial charge in [-0.3, -0.25) is 9.36 Å². The fourth-order valence-corrected chi connectivity index (χ4v) is 2.38. The van der Waals surface area contributed by atoms with Crippen LogP contribution in [0.5, 0.6) is 0 Å². The summed E-state index contributed by atoms with van der Waals surface area (Å²) in [5, 5.41) is 9.77. The van der Waals surface area contributed by atoms with Gasteiger partial charge in [-0.1, -0.05) is 0 Å². The Bertz CT molecular complexity index is 651. The van der Waals surface area contributed by atoms with Crippen LogP contribution in [-0.2, 0) is 20.8 Å². The van der Waals surface area contributed by atoms with Crippen LogP contribution in [-0.4, -0.2) is 51.0 Å². The first-order chi connectivity index (χ1) is 10.6. The van der Waals surface area contributed by atoms with E-state index in [2.05, 4.69) is 4.98 Å². The van der Waals surface area contributed by atoms with Crippen molar-refractivity contribution in [3.8, 4) is 0 Å². The van der Waals surface area contributed by atoms with Gasteiger partial charge in [0.25, 0.3) is 0 Å². The number of carbonyl (C=O) groups excluding carboxylic acids is 1. The SMILES string of the molecule is CC(=O)O[C@@H](C)[C@H]1O[C@@H](Cn2ccc(N)nc2=O)C(F)(F)[C@@H]1O. The van der Waals surface area contributed by atoms with Crippen molar-refractivity contribution in [1.82, 2.24) is 9.55 Å². The van der Waals surface area contributed by atoms with Gasteiger partial charge in [-0.25, -0.2) is 13.6 Å². The first kappa shape index (κ1) is 17.3.